The van der Waals surface area contributed by atoms with Crippen LogP contribution >= 0.6 is 23.8 Å². The van der Waals surface area contributed by atoms with E-state index < -0.39 is 0 Å². The van der Waals surface area contributed by atoms with Crippen molar-refractivity contribution in [1.29, 1.82) is 0 Å². The van der Waals surface area contributed by atoms with Crippen LogP contribution < -0.4 is 10.4 Å². The number of rotatable bonds is 1. The monoisotopic (exact) mass is 337 g/mol. The number of nitrogens with zero attached hydrogens (tertiary/aromatic N) is 1. The normalized spacial score (nSPS) is 13.8. The van der Waals surface area contributed by atoms with Gasteiger partial charge in [0, 0.05) is 31.1 Å². The Balaban J connectivity index is 2.14. The first-order valence-corrected chi connectivity index (χ1v) is 7.93. The molecule has 0 bridgehead atoms. The second kappa shape index (κ2) is 5.89. The molecular weight excluding hydrogens is 322 g/mol. The molecule has 0 spiro atoms. The van der Waals surface area contributed by atoms with Gasteiger partial charge in [0.25, 0.3) is 5.17 Å². The van der Waals surface area contributed by atoms with Gasteiger partial charge in [0.1, 0.15) is 5.58 Å². The topological polar surface area (TPSA) is 42.7 Å². The van der Waals surface area contributed by atoms with Crippen molar-refractivity contribution in [3.63, 3.8) is 0 Å². The molecule has 3 rings (SSSR count). The highest BCUT2D eigenvalue weighted by Gasteiger charge is 2.20. The molecule has 0 atom stereocenters. The van der Waals surface area contributed by atoms with Gasteiger partial charge in [0.05, 0.1) is 5.02 Å². The Morgan fingerprint density at radius 3 is 2.64 bits per heavy atom. The lowest BCUT2D eigenvalue weighted by Crippen LogP contribution is -2.25. The van der Waals surface area contributed by atoms with Crippen LogP contribution in [0.15, 0.2) is 21.3 Å². The van der Waals surface area contributed by atoms with Gasteiger partial charge in [-0.2, -0.15) is 0 Å². The maximum atomic E-state index is 12.1. The van der Waals surface area contributed by atoms with Crippen LogP contribution in [0.25, 0.3) is 11.0 Å². The van der Waals surface area contributed by atoms with E-state index in [-0.39, 0.29) is 5.63 Å². The Morgan fingerprint density at radius 2 is 1.95 bits per heavy atom. The smallest absolute Gasteiger partial charge is 0.339 e. The summed E-state index contributed by atoms with van der Waals surface area (Å²) < 4.78 is 11.0. The van der Waals surface area contributed by atoms with Gasteiger partial charge in [-0.3, -0.25) is 0 Å². The third-order valence-corrected chi connectivity index (χ3v) is 4.58. The van der Waals surface area contributed by atoms with Crippen LogP contribution in [0.5, 0.6) is 5.75 Å². The average Bonchev–Trinajstić information content (AvgIpc) is 2.49. The zero-order valence-corrected chi connectivity index (χ0v) is 14.0. The Labute approximate surface area is 138 Å². The molecule has 1 aromatic carbocycles. The summed E-state index contributed by atoms with van der Waals surface area (Å²) in [5.41, 5.74) is 2.07. The molecule has 0 N–H and O–H groups in total. The van der Waals surface area contributed by atoms with Crippen LogP contribution in [0, 0.1) is 0 Å². The Morgan fingerprint density at radius 1 is 1.27 bits per heavy atom. The van der Waals surface area contributed by atoms with E-state index in [2.05, 4.69) is 0 Å². The fourth-order valence-corrected chi connectivity index (χ4v) is 3.00. The molecule has 0 aliphatic heterocycles. The van der Waals surface area contributed by atoms with Crippen molar-refractivity contribution < 1.29 is 9.15 Å². The van der Waals surface area contributed by atoms with Crippen molar-refractivity contribution in [3.8, 4) is 5.75 Å². The number of fused-ring (bicyclic) bond motifs is 3. The largest absolute Gasteiger partial charge is 0.430 e. The quantitative estimate of drug-likeness (QED) is 0.588. The fourth-order valence-electron chi connectivity index (χ4n) is 2.71. The van der Waals surface area contributed by atoms with Crippen LogP contribution in [0.2, 0.25) is 5.02 Å². The van der Waals surface area contributed by atoms with Crippen LogP contribution in [0.3, 0.4) is 0 Å². The van der Waals surface area contributed by atoms with Crippen LogP contribution in [0.4, 0.5) is 0 Å². The van der Waals surface area contributed by atoms with Crippen molar-refractivity contribution in [2.45, 2.75) is 25.7 Å². The first-order chi connectivity index (χ1) is 10.5. The first-order valence-electron chi connectivity index (χ1n) is 7.14. The van der Waals surface area contributed by atoms with Crippen molar-refractivity contribution in [2.24, 2.45) is 0 Å². The fraction of sp³-hybridized carbons (Fsp3) is 0.375. The number of thiocarbonyl (C=S) groups is 1. The summed E-state index contributed by atoms with van der Waals surface area (Å²) in [5.74, 6) is 0.395. The third kappa shape index (κ3) is 2.71. The van der Waals surface area contributed by atoms with Gasteiger partial charge in [-0.15, -0.1) is 0 Å². The number of ether oxygens (including phenoxy) is 1. The zero-order chi connectivity index (χ0) is 15.9. The van der Waals surface area contributed by atoms with E-state index in [0.717, 1.165) is 42.2 Å². The summed E-state index contributed by atoms with van der Waals surface area (Å²) in [6, 6.07) is 3.45. The van der Waals surface area contributed by atoms with Crippen LogP contribution in [0.1, 0.15) is 24.0 Å². The molecule has 22 heavy (non-hydrogen) atoms. The standard InChI is InChI=1S/C16H16ClNO3S/c1-18(2)16(22)21-14-8-13-11(7-12(14)17)9-5-3-4-6-10(9)15(19)20-13/h7-8H,3-6H2,1-2H3. The minimum Gasteiger partial charge on any atom is -0.430 e. The number of halogens is 1. The summed E-state index contributed by atoms with van der Waals surface area (Å²) >= 11 is 11.4. The van der Waals surface area contributed by atoms with Crippen molar-refractivity contribution in [2.75, 3.05) is 14.1 Å². The van der Waals surface area contributed by atoms with Gasteiger partial charge >= 0.3 is 5.63 Å². The third-order valence-electron chi connectivity index (χ3n) is 3.84. The summed E-state index contributed by atoms with van der Waals surface area (Å²) in [5, 5.41) is 1.64. The van der Waals surface area contributed by atoms with E-state index in [0.29, 0.717) is 21.5 Å². The predicted octanol–water partition coefficient (Wildman–Crippen LogP) is 3.55. The summed E-state index contributed by atoms with van der Waals surface area (Å²) in [6.07, 6.45) is 3.75. The SMILES string of the molecule is CN(C)C(=S)Oc1cc2oc(=O)c3c(c2cc1Cl)CCCC3. The molecule has 0 unspecified atom stereocenters. The Hall–Kier alpha value is -1.59. The van der Waals surface area contributed by atoms with E-state index in [1.54, 1.807) is 31.1 Å². The molecule has 0 radical (unpaired) electrons. The van der Waals surface area contributed by atoms with Gasteiger partial charge in [0.15, 0.2) is 5.75 Å². The van der Waals surface area contributed by atoms with Gasteiger partial charge in [-0.05, 0) is 49.5 Å². The maximum absolute atomic E-state index is 12.1. The Kier molecular flexibility index (Phi) is 4.10. The first kappa shape index (κ1) is 15.3. The molecule has 0 saturated heterocycles. The zero-order valence-electron chi connectivity index (χ0n) is 12.4. The van der Waals surface area contributed by atoms with E-state index in [9.17, 15) is 4.79 Å². The van der Waals surface area contributed by atoms with Crippen molar-refractivity contribution >= 4 is 40.0 Å². The van der Waals surface area contributed by atoms with Crippen LogP contribution in [-0.4, -0.2) is 24.2 Å². The molecule has 2 aromatic rings. The second-order valence-electron chi connectivity index (χ2n) is 5.59. The number of hydrogen-bond acceptors (Lipinski definition) is 4. The highest BCUT2D eigenvalue weighted by Crippen LogP contribution is 2.34. The highest BCUT2D eigenvalue weighted by atomic mass is 35.5. The minimum absolute atomic E-state index is 0.259. The van der Waals surface area contributed by atoms with Gasteiger partial charge < -0.3 is 14.1 Å². The number of benzene rings is 1. The van der Waals surface area contributed by atoms with Crippen molar-refractivity contribution in [1.82, 2.24) is 4.90 Å². The molecule has 0 amide bonds. The van der Waals surface area contributed by atoms with Crippen LogP contribution in [-0.2, 0) is 12.8 Å². The molecule has 0 fully saturated rings. The summed E-state index contributed by atoms with van der Waals surface area (Å²) in [4.78, 5) is 13.8. The molecule has 1 aliphatic rings. The van der Waals surface area contributed by atoms with Gasteiger partial charge in [0.2, 0.25) is 0 Å². The molecule has 4 nitrogen and oxygen atoms in total. The van der Waals surface area contributed by atoms with Gasteiger partial charge in [-0.25, -0.2) is 4.79 Å². The van der Waals surface area contributed by atoms with E-state index in [4.69, 9.17) is 33.0 Å². The number of hydrogen-bond donors (Lipinski definition) is 0. The lowest BCUT2D eigenvalue weighted by atomic mass is 9.91. The summed E-state index contributed by atoms with van der Waals surface area (Å²) in [6.45, 7) is 0. The highest BCUT2D eigenvalue weighted by molar-refractivity contribution is 7.80. The average molecular weight is 338 g/mol. The molecule has 116 valence electrons. The number of aryl methyl sites for hydroxylation is 1. The lowest BCUT2D eigenvalue weighted by molar-refractivity contribution is 0.448. The molecule has 0 saturated carbocycles. The predicted molar refractivity (Wildman–Crippen MR) is 91.0 cm³/mol. The Bertz CT molecular complexity index is 813. The van der Waals surface area contributed by atoms with E-state index in [1.807, 2.05) is 0 Å². The lowest BCUT2D eigenvalue weighted by Gasteiger charge is -2.18. The minimum atomic E-state index is -0.259. The van der Waals surface area contributed by atoms with Gasteiger partial charge in [-0.1, -0.05) is 11.6 Å². The molecule has 6 heteroatoms. The summed E-state index contributed by atoms with van der Waals surface area (Å²) in [7, 11) is 3.57. The van der Waals surface area contributed by atoms with Crippen molar-refractivity contribution in [3.05, 3.63) is 38.7 Å². The van der Waals surface area contributed by atoms with E-state index in [1.165, 1.54) is 0 Å². The second-order valence-corrected chi connectivity index (χ2v) is 6.35. The molecule has 1 aliphatic carbocycles. The maximum Gasteiger partial charge on any atom is 0.339 e. The van der Waals surface area contributed by atoms with E-state index >= 15 is 0 Å². The molecule has 1 aromatic heterocycles. The molecular formula is C16H16ClNO3S. The molecule has 1 heterocycles.